The first-order valence-corrected chi connectivity index (χ1v) is 8.61. The summed E-state index contributed by atoms with van der Waals surface area (Å²) in [5, 5.41) is 9.73. The summed E-state index contributed by atoms with van der Waals surface area (Å²) >= 11 is 2.89. The standard InChI is InChI=1S/C13H9BrF5NO4S/c1-24-6-2-3-13(14,4-5(6)21)20-25(22,23)12-10(18)8(16)7(15)9(17)11(12)19/h2-3,20-21H,4H2,1H3. The van der Waals surface area contributed by atoms with Crippen LogP contribution in [0.5, 0.6) is 0 Å². The first-order chi connectivity index (χ1) is 11.4. The number of benzene rings is 1. The molecule has 138 valence electrons. The molecule has 0 radical (unpaired) electrons. The molecule has 1 atom stereocenters. The zero-order valence-electron chi connectivity index (χ0n) is 12.2. The van der Waals surface area contributed by atoms with E-state index in [2.05, 4.69) is 15.9 Å². The van der Waals surface area contributed by atoms with Crippen LogP contribution in [-0.4, -0.2) is 25.1 Å². The topological polar surface area (TPSA) is 75.6 Å². The Kier molecular flexibility index (Phi) is 5.17. The monoisotopic (exact) mass is 449 g/mol. The lowest BCUT2D eigenvalue weighted by molar-refractivity contribution is 0.253. The highest BCUT2D eigenvalue weighted by molar-refractivity contribution is 9.10. The number of methoxy groups -OCH3 is 1. The highest BCUT2D eigenvalue weighted by atomic mass is 79.9. The maximum absolute atomic E-state index is 13.7. The third-order valence-electron chi connectivity index (χ3n) is 3.17. The Bertz CT molecular complexity index is 873. The number of hydrogen-bond donors (Lipinski definition) is 2. The maximum Gasteiger partial charge on any atom is 0.248 e. The van der Waals surface area contributed by atoms with Crippen molar-refractivity contribution in [2.24, 2.45) is 0 Å². The number of ether oxygens (including phenoxy) is 1. The van der Waals surface area contributed by atoms with Gasteiger partial charge in [-0.15, -0.1) is 0 Å². The van der Waals surface area contributed by atoms with Gasteiger partial charge in [0.05, 0.1) is 7.11 Å². The van der Waals surface area contributed by atoms with Crippen molar-refractivity contribution >= 4 is 26.0 Å². The van der Waals surface area contributed by atoms with Crippen LogP contribution < -0.4 is 4.72 Å². The summed E-state index contributed by atoms with van der Waals surface area (Å²) in [5.41, 5.74) is 0. The quantitative estimate of drug-likeness (QED) is 0.243. The number of halogens is 6. The van der Waals surface area contributed by atoms with E-state index in [9.17, 15) is 35.5 Å². The van der Waals surface area contributed by atoms with E-state index in [-0.39, 0.29) is 5.76 Å². The molecule has 1 aromatic carbocycles. The van der Waals surface area contributed by atoms with Gasteiger partial charge >= 0.3 is 0 Å². The van der Waals surface area contributed by atoms with E-state index in [0.29, 0.717) is 0 Å². The largest absolute Gasteiger partial charge is 0.508 e. The summed E-state index contributed by atoms with van der Waals surface area (Å²) in [7, 11) is -3.98. The lowest BCUT2D eigenvalue weighted by Crippen LogP contribution is -2.44. The van der Waals surface area contributed by atoms with Crippen molar-refractivity contribution in [3.8, 4) is 0 Å². The molecule has 1 aliphatic carbocycles. The summed E-state index contributed by atoms with van der Waals surface area (Å²) in [6.45, 7) is 0. The smallest absolute Gasteiger partial charge is 0.248 e. The van der Waals surface area contributed by atoms with E-state index in [0.717, 1.165) is 12.2 Å². The van der Waals surface area contributed by atoms with Gasteiger partial charge in [-0.2, -0.15) is 4.72 Å². The summed E-state index contributed by atoms with van der Waals surface area (Å²) in [6.07, 6.45) is 1.81. The van der Waals surface area contributed by atoms with Gasteiger partial charge in [-0.25, -0.2) is 30.4 Å². The van der Waals surface area contributed by atoms with Crippen LogP contribution in [0.3, 0.4) is 0 Å². The summed E-state index contributed by atoms with van der Waals surface area (Å²) < 4.78 is 96.0. The molecule has 2 N–H and O–H groups in total. The van der Waals surface area contributed by atoms with Gasteiger partial charge in [-0.1, -0.05) is 15.9 Å². The first kappa shape index (κ1) is 19.7. The fraction of sp³-hybridized carbons (Fsp3) is 0.231. The zero-order chi connectivity index (χ0) is 19.2. The van der Waals surface area contributed by atoms with E-state index in [1.807, 2.05) is 0 Å². The molecule has 2 rings (SSSR count). The van der Waals surface area contributed by atoms with Gasteiger partial charge in [-0.05, 0) is 12.2 Å². The molecular weight excluding hydrogens is 441 g/mol. The molecule has 1 unspecified atom stereocenters. The number of hydrogen-bond acceptors (Lipinski definition) is 4. The van der Waals surface area contributed by atoms with Crippen molar-refractivity contribution in [3.05, 3.63) is 52.8 Å². The number of alkyl halides is 1. The first-order valence-electron chi connectivity index (χ1n) is 6.33. The van der Waals surface area contributed by atoms with E-state index in [1.54, 1.807) is 4.72 Å². The molecule has 12 heteroatoms. The molecule has 1 aromatic rings. The van der Waals surface area contributed by atoms with Gasteiger partial charge in [0.25, 0.3) is 0 Å². The Morgan fingerprint density at radius 2 is 1.60 bits per heavy atom. The number of allylic oxidation sites excluding steroid dienone is 1. The van der Waals surface area contributed by atoms with Gasteiger partial charge < -0.3 is 9.84 Å². The van der Waals surface area contributed by atoms with Crippen molar-refractivity contribution in [3.63, 3.8) is 0 Å². The molecule has 1 aliphatic rings. The predicted molar refractivity (Wildman–Crippen MR) is 78.6 cm³/mol. The van der Waals surface area contributed by atoms with Gasteiger partial charge in [0.2, 0.25) is 15.8 Å². The van der Waals surface area contributed by atoms with Crippen LogP contribution >= 0.6 is 15.9 Å². The van der Waals surface area contributed by atoms with Crippen LogP contribution in [0.2, 0.25) is 0 Å². The molecule has 5 nitrogen and oxygen atoms in total. The van der Waals surface area contributed by atoms with E-state index in [4.69, 9.17) is 4.74 Å². The number of sulfonamides is 1. The zero-order valence-corrected chi connectivity index (χ0v) is 14.6. The summed E-state index contributed by atoms with van der Waals surface area (Å²) in [6, 6.07) is 0. The van der Waals surface area contributed by atoms with Gasteiger partial charge in [-0.3, -0.25) is 0 Å². The minimum Gasteiger partial charge on any atom is -0.508 e. The molecular formula is C13H9BrF5NO4S. The Morgan fingerprint density at radius 3 is 2.04 bits per heavy atom. The third kappa shape index (κ3) is 3.51. The van der Waals surface area contributed by atoms with Crippen LogP contribution in [-0.2, 0) is 14.8 Å². The normalized spacial score (nSPS) is 20.9. The van der Waals surface area contributed by atoms with Crippen molar-refractivity contribution in [2.75, 3.05) is 7.11 Å². The molecule has 0 fully saturated rings. The molecule has 0 spiro atoms. The van der Waals surface area contributed by atoms with Crippen molar-refractivity contribution in [2.45, 2.75) is 15.8 Å². The second kappa shape index (κ2) is 6.57. The summed E-state index contributed by atoms with van der Waals surface area (Å²) in [5.74, 6) is -12.7. The highest BCUT2D eigenvalue weighted by Crippen LogP contribution is 2.34. The Morgan fingerprint density at radius 1 is 1.12 bits per heavy atom. The number of rotatable bonds is 4. The molecule has 25 heavy (non-hydrogen) atoms. The number of aliphatic hydroxyl groups excluding tert-OH is 1. The van der Waals surface area contributed by atoms with Crippen LogP contribution in [0.25, 0.3) is 0 Å². The van der Waals surface area contributed by atoms with E-state index < -0.39 is 60.6 Å². The molecule has 0 aromatic heterocycles. The third-order valence-corrected chi connectivity index (χ3v) is 5.70. The average molecular weight is 450 g/mol. The molecule has 0 saturated carbocycles. The SMILES string of the molecule is COC1=C(O)CC(Br)(NS(=O)(=O)c2c(F)c(F)c(F)c(F)c2F)C=C1. The molecule has 0 bridgehead atoms. The highest BCUT2D eigenvalue weighted by Gasteiger charge is 2.39. The number of aliphatic hydroxyl groups is 1. The van der Waals surface area contributed by atoms with Crippen molar-refractivity contribution in [1.29, 1.82) is 0 Å². The number of nitrogens with one attached hydrogen (secondary N) is 1. The van der Waals surface area contributed by atoms with Gasteiger partial charge in [0.15, 0.2) is 33.9 Å². The van der Waals surface area contributed by atoms with E-state index >= 15 is 0 Å². The minimum absolute atomic E-state index is 0.00510. The predicted octanol–water partition coefficient (Wildman–Crippen LogP) is 3.13. The summed E-state index contributed by atoms with van der Waals surface area (Å²) in [4.78, 5) is -2.03. The fourth-order valence-electron chi connectivity index (χ4n) is 2.04. The Labute approximate surface area is 147 Å². The second-order valence-electron chi connectivity index (χ2n) is 4.89. The second-order valence-corrected chi connectivity index (χ2v) is 7.93. The molecule has 0 saturated heterocycles. The maximum atomic E-state index is 13.7. The average Bonchev–Trinajstić information content (AvgIpc) is 2.50. The van der Waals surface area contributed by atoms with Gasteiger partial charge in [0.1, 0.15) is 10.2 Å². The van der Waals surface area contributed by atoms with Crippen LogP contribution in [0.15, 0.2) is 28.6 Å². The molecule has 0 amide bonds. The Balaban J connectivity index is 2.49. The Hall–Kier alpha value is -1.66. The van der Waals surface area contributed by atoms with Crippen LogP contribution in [0.1, 0.15) is 6.42 Å². The molecule has 0 heterocycles. The van der Waals surface area contributed by atoms with Crippen LogP contribution in [0, 0.1) is 29.1 Å². The minimum atomic E-state index is -5.21. The van der Waals surface area contributed by atoms with Crippen molar-refractivity contribution < 1.29 is 40.2 Å². The van der Waals surface area contributed by atoms with Crippen molar-refractivity contribution in [1.82, 2.24) is 4.72 Å². The fourth-order valence-corrected chi connectivity index (χ4v) is 4.42. The van der Waals surface area contributed by atoms with Crippen LogP contribution in [0.4, 0.5) is 22.0 Å². The van der Waals surface area contributed by atoms with Gasteiger partial charge in [0, 0.05) is 6.42 Å². The van der Waals surface area contributed by atoms with E-state index in [1.165, 1.54) is 7.11 Å². The lowest BCUT2D eigenvalue weighted by atomic mass is 10.1. The lowest BCUT2D eigenvalue weighted by Gasteiger charge is -2.28. The molecule has 0 aliphatic heterocycles.